The first-order chi connectivity index (χ1) is 13.4. The smallest absolute Gasteiger partial charge is 0.223 e. The van der Waals surface area contributed by atoms with Gasteiger partial charge in [-0.05, 0) is 20.8 Å². The number of fused-ring (bicyclic) bond motifs is 1. The molecule has 0 amide bonds. The fraction of sp³-hybridized carbons (Fsp3) is 0.500. The molecule has 0 bridgehead atoms. The van der Waals surface area contributed by atoms with E-state index < -0.39 is 47.0 Å². The van der Waals surface area contributed by atoms with E-state index in [-0.39, 0.29) is 22.3 Å². The molecule has 1 aliphatic heterocycles. The zero-order chi connectivity index (χ0) is 21.9. The Morgan fingerprint density at radius 3 is 2.34 bits per heavy atom. The molecule has 0 aliphatic carbocycles. The van der Waals surface area contributed by atoms with E-state index in [1.54, 1.807) is 0 Å². The van der Waals surface area contributed by atoms with Crippen molar-refractivity contribution < 1.29 is 34.4 Å². The van der Waals surface area contributed by atoms with Crippen LogP contribution in [0.2, 0.25) is 5.15 Å². The quantitative estimate of drug-likeness (QED) is 0.408. The molecule has 5 atom stereocenters. The fourth-order valence-corrected chi connectivity index (χ4v) is 3.66. The molecular weight excluding hydrogens is 410 g/mol. The van der Waals surface area contributed by atoms with Gasteiger partial charge >= 0.3 is 0 Å². The third-order valence-electron chi connectivity index (χ3n) is 4.98. The number of nitrogen functional groups attached to an aromatic ring is 1. The Kier molecular flexibility index (Phi) is 4.96. The number of imidazole rings is 1. The number of ketones is 3. The second-order valence-electron chi connectivity index (χ2n) is 6.79. The molecule has 1 saturated heterocycles. The lowest BCUT2D eigenvalue weighted by Gasteiger charge is -2.36. The molecular formula is C16H18ClN5O7. The summed E-state index contributed by atoms with van der Waals surface area (Å²) in [4.78, 5) is 48.9. The predicted octanol–water partition coefficient (Wildman–Crippen LogP) is -1.45. The summed E-state index contributed by atoms with van der Waals surface area (Å²) in [6.45, 7) is 2.88. The minimum absolute atomic E-state index is 0.0343. The van der Waals surface area contributed by atoms with Gasteiger partial charge < -0.3 is 25.8 Å². The lowest BCUT2D eigenvalue weighted by atomic mass is 9.73. The third kappa shape index (κ3) is 2.75. The molecule has 1 fully saturated rings. The number of hydrogen-bond donors (Lipinski definition) is 4. The Morgan fingerprint density at radius 2 is 1.83 bits per heavy atom. The number of Topliss-reactive ketones (excluding diaryl/α,β-unsaturated/α-hetero) is 3. The Morgan fingerprint density at radius 1 is 1.24 bits per heavy atom. The highest BCUT2D eigenvalue weighted by atomic mass is 35.5. The lowest BCUT2D eigenvalue weighted by molar-refractivity contribution is -0.182. The van der Waals surface area contributed by atoms with Crippen molar-refractivity contribution in [2.24, 2.45) is 0 Å². The number of nitrogens with zero attached hydrogens (tertiary/aromatic N) is 4. The van der Waals surface area contributed by atoms with E-state index in [1.807, 2.05) is 0 Å². The van der Waals surface area contributed by atoms with Gasteiger partial charge in [-0.15, -0.1) is 0 Å². The molecule has 3 heterocycles. The molecule has 29 heavy (non-hydrogen) atoms. The van der Waals surface area contributed by atoms with Gasteiger partial charge in [-0.2, -0.15) is 9.97 Å². The molecule has 1 unspecified atom stereocenters. The van der Waals surface area contributed by atoms with Crippen LogP contribution in [0.25, 0.3) is 11.2 Å². The molecule has 12 nitrogen and oxygen atoms in total. The van der Waals surface area contributed by atoms with Crippen LogP contribution in [0.3, 0.4) is 0 Å². The average Bonchev–Trinajstić information content (AvgIpc) is 3.13. The highest BCUT2D eigenvalue weighted by Gasteiger charge is 2.73. The zero-order valence-electron chi connectivity index (χ0n) is 15.5. The van der Waals surface area contributed by atoms with Gasteiger partial charge in [0.2, 0.25) is 11.5 Å². The molecule has 0 saturated carbocycles. The molecule has 156 valence electrons. The monoisotopic (exact) mass is 427 g/mol. The summed E-state index contributed by atoms with van der Waals surface area (Å²) in [5.41, 5.74) is -0.371. The molecule has 2 aromatic rings. The molecule has 13 heteroatoms. The average molecular weight is 428 g/mol. The van der Waals surface area contributed by atoms with Crippen LogP contribution >= 0.6 is 11.6 Å². The van der Waals surface area contributed by atoms with Crippen molar-refractivity contribution >= 4 is 46.1 Å². The first kappa shape index (κ1) is 21.2. The number of ether oxygens (including phenoxy) is 1. The lowest BCUT2D eigenvalue weighted by Crippen LogP contribution is -2.67. The van der Waals surface area contributed by atoms with Gasteiger partial charge in [0.1, 0.15) is 11.6 Å². The molecule has 0 radical (unpaired) electrons. The highest BCUT2D eigenvalue weighted by Crippen LogP contribution is 2.48. The molecule has 0 aromatic carbocycles. The number of aromatic nitrogens is 4. The number of hydrogen-bond acceptors (Lipinski definition) is 11. The van der Waals surface area contributed by atoms with E-state index in [9.17, 15) is 29.7 Å². The number of aliphatic hydroxyl groups is 3. The Hall–Kier alpha value is -2.51. The predicted molar refractivity (Wildman–Crippen MR) is 96.6 cm³/mol. The number of anilines is 1. The van der Waals surface area contributed by atoms with Gasteiger partial charge in [0, 0.05) is 0 Å². The molecule has 1 aliphatic rings. The van der Waals surface area contributed by atoms with E-state index in [4.69, 9.17) is 22.1 Å². The second-order valence-corrected chi connectivity index (χ2v) is 7.15. The molecule has 5 N–H and O–H groups in total. The number of carbonyl (C=O) groups is 3. The summed E-state index contributed by atoms with van der Waals surface area (Å²) in [5.74, 6) is -3.56. The second kappa shape index (κ2) is 6.78. The van der Waals surface area contributed by atoms with Crippen LogP contribution in [0.5, 0.6) is 0 Å². The number of aliphatic hydroxyl groups excluding tert-OH is 1. The van der Waals surface area contributed by atoms with E-state index in [0.717, 1.165) is 31.7 Å². The summed E-state index contributed by atoms with van der Waals surface area (Å²) < 4.78 is 6.50. The number of carbonyl (C=O) groups excluding carboxylic acids is 3. The van der Waals surface area contributed by atoms with Crippen molar-refractivity contribution in [1.29, 1.82) is 0 Å². The fourth-order valence-electron chi connectivity index (χ4n) is 3.44. The maximum atomic E-state index is 12.5. The molecule has 3 rings (SSSR count). The third-order valence-corrected chi connectivity index (χ3v) is 5.24. The number of nitrogens with two attached hydrogens (primary N) is 1. The van der Waals surface area contributed by atoms with Crippen LogP contribution in [0.4, 0.5) is 5.95 Å². The van der Waals surface area contributed by atoms with E-state index in [1.165, 1.54) is 0 Å². The maximum Gasteiger partial charge on any atom is 0.223 e. The van der Waals surface area contributed by atoms with E-state index >= 15 is 0 Å². The summed E-state index contributed by atoms with van der Waals surface area (Å²) in [6.07, 6.45) is -4.46. The van der Waals surface area contributed by atoms with Crippen molar-refractivity contribution in [3.05, 3.63) is 11.5 Å². The van der Waals surface area contributed by atoms with Crippen molar-refractivity contribution in [3.8, 4) is 0 Å². The summed E-state index contributed by atoms with van der Waals surface area (Å²) in [5, 5.41) is 31.9. The van der Waals surface area contributed by atoms with Gasteiger partial charge in [0.05, 0.1) is 6.33 Å². The van der Waals surface area contributed by atoms with Crippen LogP contribution in [-0.4, -0.2) is 75.6 Å². The Labute approximate surface area is 168 Å². The van der Waals surface area contributed by atoms with Crippen molar-refractivity contribution in [1.82, 2.24) is 19.5 Å². The number of rotatable bonds is 5. The van der Waals surface area contributed by atoms with Gasteiger partial charge in [-0.25, -0.2) is 4.98 Å². The van der Waals surface area contributed by atoms with Gasteiger partial charge in [0.25, 0.3) is 0 Å². The SMILES string of the molecule is CC(=O)[C@@]1(O)[C@@H](C(=O)C(C)O)O[C@@H](n2cnc3c(Cl)nc(N)nc32)[C@@]1(O)C(C)=O. The maximum absolute atomic E-state index is 12.5. The van der Waals surface area contributed by atoms with Crippen LogP contribution < -0.4 is 5.73 Å². The van der Waals surface area contributed by atoms with Gasteiger partial charge in [0.15, 0.2) is 46.1 Å². The standard InChI is InChI=1S/C16H18ClN5O7/c1-5(23)9(26)10-15(27,6(2)24)16(28,7(3)25)13(29-10)22-4-19-8-11(17)20-14(18)21-12(8)22/h4-5,10,13,23,27-28H,1-3H3,(H2,18,20,21)/t5?,10-,13-,15-,16+/m1/s1. The zero-order valence-corrected chi connectivity index (χ0v) is 16.3. The molecule has 2 aromatic heterocycles. The minimum atomic E-state index is -2.99. The topological polar surface area (TPSA) is 191 Å². The van der Waals surface area contributed by atoms with Crippen LogP contribution in [-0.2, 0) is 19.1 Å². The number of halogens is 1. The van der Waals surface area contributed by atoms with Gasteiger partial charge in [-0.1, -0.05) is 11.6 Å². The van der Waals surface area contributed by atoms with E-state index in [0.29, 0.717) is 0 Å². The van der Waals surface area contributed by atoms with Crippen LogP contribution in [0.1, 0.15) is 27.0 Å². The first-order valence-corrected chi connectivity index (χ1v) is 8.74. The minimum Gasteiger partial charge on any atom is -0.386 e. The van der Waals surface area contributed by atoms with Crippen molar-refractivity contribution in [2.45, 2.75) is 50.4 Å². The summed E-state index contributed by atoms with van der Waals surface area (Å²) in [6, 6.07) is 0. The summed E-state index contributed by atoms with van der Waals surface area (Å²) in [7, 11) is 0. The first-order valence-electron chi connectivity index (χ1n) is 8.37. The Balaban J connectivity index is 2.30. The largest absolute Gasteiger partial charge is 0.386 e. The highest BCUT2D eigenvalue weighted by molar-refractivity contribution is 6.33. The normalized spacial score (nSPS) is 30.4. The van der Waals surface area contributed by atoms with Crippen molar-refractivity contribution in [2.75, 3.05) is 5.73 Å². The van der Waals surface area contributed by atoms with Crippen LogP contribution in [0, 0.1) is 0 Å². The summed E-state index contributed by atoms with van der Waals surface area (Å²) >= 11 is 5.98. The molecule has 0 spiro atoms. The van der Waals surface area contributed by atoms with Crippen LogP contribution in [0.15, 0.2) is 6.33 Å². The van der Waals surface area contributed by atoms with E-state index in [2.05, 4.69) is 15.0 Å². The van der Waals surface area contributed by atoms with Gasteiger partial charge in [-0.3, -0.25) is 19.0 Å². The van der Waals surface area contributed by atoms with Crippen molar-refractivity contribution in [3.63, 3.8) is 0 Å². The Bertz CT molecular complexity index is 1040.